The number of pyridine rings is 1. The van der Waals surface area contributed by atoms with Crippen LogP contribution in [0.3, 0.4) is 0 Å². The SMILES string of the molecule is COc1ccc(C(N)=O)cc1Cc1nc(-c2cccnc2)cs1. The third-order valence-corrected chi connectivity index (χ3v) is 4.26. The first-order chi connectivity index (χ1) is 11.2. The Hall–Kier alpha value is -2.73. The number of aromatic nitrogens is 2. The molecular formula is C17H15N3O2S. The number of amides is 1. The standard InChI is InChI=1S/C17H15N3O2S/c1-22-15-5-4-11(17(18)21)7-13(15)8-16-20-14(10-23-16)12-3-2-6-19-9-12/h2-7,9-10H,8H2,1H3,(H2,18,21). The molecule has 0 saturated heterocycles. The van der Waals surface area contributed by atoms with Gasteiger partial charge in [0.2, 0.25) is 5.91 Å². The summed E-state index contributed by atoms with van der Waals surface area (Å²) < 4.78 is 5.36. The quantitative estimate of drug-likeness (QED) is 0.782. The van der Waals surface area contributed by atoms with Crippen molar-refractivity contribution in [1.29, 1.82) is 0 Å². The maximum Gasteiger partial charge on any atom is 0.248 e. The molecule has 0 atom stereocenters. The molecule has 0 spiro atoms. The third-order valence-electron chi connectivity index (χ3n) is 3.42. The van der Waals surface area contributed by atoms with E-state index in [1.807, 2.05) is 17.5 Å². The molecule has 5 nitrogen and oxygen atoms in total. The second-order valence-corrected chi connectivity index (χ2v) is 5.88. The van der Waals surface area contributed by atoms with Crippen molar-refractivity contribution in [3.05, 3.63) is 64.2 Å². The molecule has 2 N–H and O–H groups in total. The van der Waals surface area contributed by atoms with Gasteiger partial charge in [-0.2, -0.15) is 0 Å². The fraction of sp³-hybridized carbons (Fsp3) is 0.118. The van der Waals surface area contributed by atoms with Gasteiger partial charge in [-0.25, -0.2) is 4.98 Å². The molecule has 2 aromatic heterocycles. The summed E-state index contributed by atoms with van der Waals surface area (Å²) in [7, 11) is 1.60. The maximum absolute atomic E-state index is 11.4. The second-order valence-electron chi connectivity index (χ2n) is 4.94. The molecule has 0 aliphatic rings. The maximum atomic E-state index is 11.4. The molecule has 0 bridgehead atoms. The minimum absolute atomic E-state index is 0.455. The van der Waals surface area contributed by atoms with Crippen LogP contribution < -0.4 is 10.5 Å². The summed E-state index contributed by atoms with van der Waals surface area (Å²) in [4.78, 5) is 20.1. The predicted molar refractivity (Wildman–Crippen MR) is 89.7 cm³/mol. The van der Waals surface area contributed by atoms with Crippen LogP contribution in [0.25, 0.3) is 11.3 Å². The topological polar surface area (TPSA) is 78.1 Å². The number of nitrogens with zero attached hydrogens (tertiary/aromatic N) is 2. The summed E-state index contributed by atoms with van der Waals surface area (Å²) in [5.74, 6) is 0.261. The average molecular weight is 325 g/mol. The minimum Gasteiger partial charge on any atom is -0.496 e. The largest absolute Gasteiger partial charge is 0.496 e. The Labute approximate surface area is 137 Å². The molecule has 2 heterocycles. The summed E-state index contributed by atoms with van der Waals surface area (Å²) in [6.45, 7) is 0. The van der Waals surface area contributed by atoms with Crippen LogP contribution in [0.5, 0.6) is 5.75 Å². The van der Waals surface area contributed by atoms with E-state index in [1.165, 1.54) is 0 Å². The van der Waals surface area contributed by atoms with Crippen LogP contribution in [0.1, 0.15) is 20.9 Å². The fourth-order valence-corrected chi connectivity index (χ4v) is 3.10. The van der Waals surface area contributed by atoms with Gasteiger partial charge in [0.05, 0.1) is 17.8 Å². The van der Waals surface area contributed by atoms with Crippen LogP contribution in [0.4, 0.5) is 0 Å². The number of carbonyl (C=O) groups is 1. The Balaban J connectivity index is 1.89. The number of carbonyl (C=O) groups excluding carboxylic acids is 1. The summed E-state index contributed by atoms with van der Waals surface area (Å²) in [5.41, 5.74) is 8.57. The lowest BCUT2D eigenvalue weighted by atomic mass is 10.1. The van der Waals surface area contributed by atoms with E-state index in [4.69, 9.17) is 10.5 Å². The highest BCUT2D eigenvalue weighted by Gasteiger charge is 2.11. The van der Waals surface area contributed by atoms with Crippen LogP contribution in [0.2, 0.25) is 0 Å². The number of nitrogens with two attached hydrogens (primary N) is 1. The lowest BCUT2D eigenvalue weighted by Gasteiger charge is -2.08. The summed E-state index contributed by atoms with van der Waals surface area (Å²) in [5, 5.41) is 2.93. The zero-order chi connectivity index (χ0) is 16.2. The van der Waals surface area contributed by atoms with Gasteiger partial charge in [0.1, 0.15) is 5.75 Å². The van der Waals surface area contributed by atoms with Gasteiger partial charge in [0.15, 0.2) is 0 Å². The highest BCUT2D eigenvalue weighted by Crippen LogP contribution is 2.27. The Morgan fingerprint density at radius 2 is 2.22 bits per heavy atom. The molecule has 6 heteroatoms. The molecule has 0 fully saturated rings. The Bertz CT molecular complexity index is 831. The van der Waals surface area contributed by atoms with E-state index in [9.17, 15) is 4.79 Å². The van der Waals surface area contributed by atoms with E-state index in [2.05, 4.69) is 9.97 Å². The Morgan fingerprint density at radius 1 is 1.35 bits per heavy atom. The van der Waals surface area contributed by atoms with Crippen LogP contribution in [0.15, 0.2) is 48.1 Å². The van der Waals surface area contributed by atoms with Gasteiger partial charge in [-0.05, 0) is 30.3 Å². The average Bonchev–Trinajstić information content (AvgIpc) is 3.04. The van der Waals surface area contributed by atoms with Crippen molar-refractivity contribution in [3.63, 3.8) is 0 Å². The molecule has 0 unspecified atom stereocenters. The summed E-state index contributed by atoms with van der Waals surface area (Å²) in [6.07, 6.45) is 4.10. The highest BCUT2D eigenvalue weighted by molar-refractivity contribution is 7.10. The molecule has 1 amide bonds. The van der Waals surface area contributed by atoms with Gasteiger partial charge in [-0.3, -0.25) is 9.78 Å². The molecule has 0 saturated carbocycles. The number of hydrogen-bond donors (Lipinski definition) is 1. The molecule has 3 aromatic rings. The first-order valence-electron chi connectivity index (χ1n) is 6.99. The van der Waals surface area contributed by atoms with Crippen LogP contribution >= 0.6 is 11.3 Å². The predicted octanol–water partition coefficient (Wildman–Crippen LogP) is 2.90. The molecule has 3 rings (SSSR count). The van der Waals surface area contributed by atoms with Crippen molar-refractivity contribution in [2.24, 2.45) is 5.73 Å². The van der Waals surface area contributed by atoms with Crippen LogP contribution in [-0.4, -0.2) is 23.0 Å². The number of ether oxygens (including phenoxy) is 1. The molecule has 116 valence electrons. The lowest BCUT2D eigenvalue weighted by molar-refractivity contribution is 0.1000. The number of primary amides is 1. The van der Waals surface area contributed by atoms with Crippen LogP contribution in [0, 0.1) is 0 Å². The second kappa shape index (κ2) is 6.58. The first kappa shape index (κ1) is 15.2. The summed E-state index contributed by atoms with van der Waals surface area (Å²) >= 11 is 1.56. The third kappa shape index (κ3) is 3.37. The normalized spacial score (nSPS) is 10.5. The lowest BCUT2D eigenvalue weighted by Crippen LogP contribution is -2.11. The van der Waals surface area contributed by atoms with Crippen molar-refractivity contribution < 1.29 is 9.53 Å². The van der Waals surface area contributed by atoms with E-state index >= 15 is 0 Å². The molecule has 0 radical (unpaired) electrons. The van der Waals surface area contributed by atoms with Gasteiger partial charge in [-0.1, -0.05) is 0 Å². The number of hydrogen-bond acceptors (Lipinski definition) is 5. The monoisotopic (exact) mass is 325 g/mol. The van der Waals surface area contributed by atoms with Crippen LogP contribution in [-0.2, 0) is 6.42 Å². The van der Waals surface area contributed by atoms with Gasteiger partial charge in [-0.15, -0.1) is 11.3 Å². The zero-order valence-electron chi connectivity index (χ0n) is 12.5. The van der Waals surface area contributed by atoms with Crippen molar-refractivity contribution >= 4 is 17.2 Å². The van der Waals surface area contributed by atoms with E-state index in [1.54, 1.807) is 49.0 Å². The first-order valence-corrected chi connectivity index (χ1v) is 7.87. The molecule has 1 aromatic carbocycles. The molecule has 0 aliphatic carbocycles. The van der Waals surface area contributed by atoms with Gasteiger partial charge < -0.3 is 10.5 Å². The van der Waals surface area contributed by atoms with E-state index in [0.29, 0.717) is 17.7 Å². The fourth-order valence-electron chi connectivity index (χ4n) is 2.27. The van der Waals surface area contributed by atoms with E-state index < -0.39 is 5.91 Å². The minimum atomic E-state index is -0.455. The smallest absolute Gasteiger partial charge is 0.248 e. The van der Waals surface area contributed by atoms with Gasteiger partial charge in [0, 0.05) is 40.9 Å². The summed E-state index contributed by atoms with van der Waals surface area (Å²) in [6, 6.07) is 9.03. The molecule has 23 heavy (non-hydrogen) atoms. The molecule has 0 aliphatic heterocycles. The highest BCUT2D eigenvalue weighted by atomic mass is 32.1. The number of benzene rings is 1. The van der Waals surface area contributed by atoms with E-state index in [0.717, 1.165) is 21.8 Å². The number of rotatable bonds is 5. The van der Waals surface area contributed by atoms with Crippen molar-refractivity contribution in [2.75, 3.05) is 7.11 Å². The van der Waals surface area contributed by atoms with Crippen molar-refractivity contribution in [3.8, 4) is 17.0 Å². The van der Waals surface area contributed by atoms with E-state index in [-0.39, 0.29) is 0 Å². The Kier molecular flexibility index (Phi) is 4.34. The van der Waals surface area contributed by atoms with Crippen molar-refractivity contribution in [2.45, 2.75) is 6.42 Å². The molecular weight excluding hydrogens is 310 g/mol. The van der Waals surface area contributed by atoms with Gasteiger partial charge >= 0.3 is 0 Å². The zero-order valence-corrected chi connectivity index (χ0v) is 13.3. The van der Waals surface area contributed by atoms with Crippen molar-refractivity contribution in [1.82, 2.24) is 9.97 Å². The van der Waals surface area contributed by atoms with Gasteiger partial charge in [0.25, 0.3) is 0 Å². The number of methoxy groups -OCH3 is 1. The number of thiazole rings is 1. The Morgan fingerprint density at radius 3 is 2.91 bits per heavy atom.